The molecule has 4 rings (SSSR count). The molecule has 0 saturated carbocycles. The minimum absolute atomic E-state index is 0.0494. The summed E-state index contributed by atoms with van der Waals surface area (Å²) in [4.78, 5) is 21.0. The maximum Gasteiger partial charge on any atom is 0.416 e. The zero-order valence-corrected chi connectivity index (χ0v) is 14.7. The third-order valence-corrected chi connectivity index (χ3v) is 5.44. The number of carbonyl (C=O) groups is 1. The van der Waals surface area contributed by atoms with Gasteiger partial charge in [-0.1, -0.05) is 0 Å². The summed E-state index contributed by atoms with van der Waals surface area (Å²) in [7, 11) is 0. The van der Waals surface area contributed by atoms with E-state index >= 15 is 0 Å². The van der Waals surface area contributed by atoms with Gasteiger partial charge in [-0.2, -0.15) is 13.2 Å². The van der Waals surface area contributed by atoms with Gasteiger partial charge >= 0.3 is 6.18 Å². The molecule has 0 unspecified atom stereocenters. The first-order chi connectivity index (χ1) is 12.3. The van der Waals surface area contributed by atoms with Crippen LogP contribution in [0.25, 0.3) is 10.9 Å². The van der Waals surface area contributed by atoms with Crippen molar-refractivity contribution in [3.63, 3.8) is 0 Å². The van der Waals surface area contributed by atoms with Gasteiger partial charge in [0, 0.05) is 35.9 Å². The quantitative estimate of drug-likeness (QED) is 0.774. The number of pyridine rings is 1. The third kappa shape index (κ3) is 2.70. The van der Waals surface area contributed by atoms with Crippen LogP contribution >= 0.6 is 0 Å². The number of amides is 1. The third-order valence-electron chi connectivity index (χ3n) is 5.44. The van der Waals surface area contributed by atoms with Gasteiger partial charge in [-0.15, -0.1) is 0 Å². The van der Waals surface area contributed by atoms with Gasteiger partial charge in [-0.3, -0.25) is 9.78 Å². The highest BCUT2D eigenvalue weighted by Crippen LogP contribution is 2.37. The molecule has 0 bridgehead atoms. The van der Waals surface area contributed by atoms with Crippen molar-refractivity contribution in [1.82, 2.24) is 9.88 Å². The molecule has 138 valence electrons. The summed E-state index contributed by atoms with van der Waals surface area (Å²) in [6.07, 6.45) is -2.50. The highest BCUT2D eigenvalue weighted by molar-refractivity contribution is 5.96. The summed E-state index contributed by atoms with van der Waals surface area (Å²) < 4.78 is 39.6. The first kappa shape index (κ1) is 17.1. The second-order valence-corrected chi connectivity index (χ2v) is 7.17. The molecule has 0 aliphatic carbocycles. The van der Waals surface area contributed by atoms with Gasteiger partial charge in [-0.25, -0.2) is 0 Å². The van der Waals surface area contributed by atoms with Gasteiger partial charge in [-0.05, 0) is 51.0 Å². The zero-order chi connectivity index (χ0) is 18.6. The fourth-order valence-corrected chi connectivity index (χ4v) is 4.13. The largest absolute Gasteiger partial charge is 0.416 e. The Hall–Kier alpha value is -2.31. The predicted molar refractivity (Wildman–Crippen MR) is 93.0 cm³/mol. The van der Waals surface area contributed by atoms with E-state index in [0.29, 0.717) is 23.1 Å². The number of fused-ring (bicyclic) bond motifs is 2. The average molecular weight is 363 g/mol. The SMILES string of the molecule is Cc1cc(N2C[C@H]3CCCN3C(=O)[C@@H]2C)c2cc(C(F)(F)F)ccc2n1. The molecule has 4 nitrogen and oxygen atoms in total. The topological polar surface area (TPSA) is 36.4 Å². The summed E-state index contributed by atoms with van der Waals surface area (Å²) in [5.74, 6) is 0.0494. The van der Waals surface area contributed by atoms with Gasteiger partial charge in [0.25, 0.3) is 0 Å². The summed E-state index contributed by atoms with van der Waals surface area (Å²) in [5.41, 5.74) is 1.20. The van der Waals surface area contributed by atoms with Crippen molar-refractivity contribution < 1.29 is 18.0 Å². The summed E-state index contributed by atoms with van der Waals surface area (Å²) in [6.45, 7) is 5.06. The lowest BCUT2D eigenvalue weighted by atomic mass is 10.0. The Kier molecular flexibility index (Phi) is 3.86. The molecule has 26 heavy (non-hydrogen) atoms. The molecule has 3 heterocycles. The number of nitrogens with zero attached hydrogens (tertiary/aromatic N) is 3. The van der Waals surface area contributed by atoms with E-state index in [1.54, 1.807) is 6.07 Å². The second-order valence-electron chi connectivity index (χ2n) is 7.17. The van der Waals surface area contributed by atoms with E-state index in [2.05, 4.69) is 4.98 Å². The first-order valence-corrected chi connectivity index (χ1v) is 8.81. The number of aromatic nitrogens is 1. The molecule has 2 aromatic rings. The van der Waals surface area contributed by atoms with E-state index in [4.69, 9.17) is 0 Å². The Labute approximate surface area is 149 Å². The molecule has 2 aliphatic heterocycles. The number of aryl methyl sites for hydroxylation is 1. The number of carbonyl (C=O) groups excluding carboxylic acids is 1. The number of anilines is 1. The van der Waals surface area contributed by atoms with Crippen LogP contribution in [-0.4, -0.2) is 41.0 Å². The van der Waals surface area contributed by atoms with E-state index in [-0.39, 0.29) is 11.9 Å². The van der Waals surface area contributed by atoms with Crippen LogP contribution < -0.4 is 4.90 Å². The Balaban J connectivity index is 1.85. The van der Waals surface area contributed by atoms with Crippen molar-refractivity contribution in [2.24, 2.45) is 0 Å². The van der Waals surface area contributed by atoms with Crippen LogP contribution in [0.5, 0.6) is 0 Å². The molecule has 0 N–H and O–H groups in total. The van der Waals surface area contributed by atoms with Crippen LogP contribution in [0.4, 0.5) is 18.9 Å². The molecule has 2 fully saturated rings. The van der Waals surface area contributed by atoms with Crippen LogP contribution in [0.1, 0.15) is 31.0 Å². The van der Waals surface area contributed by atoms with Gasteiger partial charge in [0.05, 0.1) is 11.1 Å². The Morgan fingerprint density at radius 3 is 2.69 bits per heavy atom. The van der Waals surface area contributed by atoms with E-state index in [9.17, 15) is 18.0 Å². The van der Waals surface area contributed by atoms with E-state index < -0.39 is 17.8 Å². The molecule has 2 saturated heterocycles. The number of piperazine rings is 1. The number of halogens is 3. The minimum Gasteiger partial charge on any atom is -0.357 e. The Bertz CT molecular complexity index is 880. The summed E-state index contributed by atoms with van der Waals surface area (Å²) in [6, 6.07) is 5.14. The number of alkyl halides is 3. The lowest BCUT2D eigenvalue weighted by molar-refractivity contribution is -0.137. The molecule has 2 aliphatic rings. The first-order valence-electron chi connectivity index (χ1n) is 8.81. The molecule has 7 heteroatoms. The van der Waals surface area contributed by atoms with E-state index in [0.717, 1.165) is 37.2 Å². The van der Waals surface area contributed by atoms with Crippen molar-refractivity contribution in [2.45, 2.75) is 44.9 Å². The predicted octanol–water partition coefficient (Wildman–Crippen LogP) is 3.76. The van der Waals surface area contributed by atoms with Gasteiger partial charge in [0.2, 0.25) is 5.91 Å². The number of rotatable bonds is 1. The highest BCUT2D eigenvalue weighted by atomic mass is 19.4. The van der Waals surface area contributed by atoms with Crippen molar-refractivity contribution in [3.8, 4) is 0 Å². The van der Waals surface area contributed by atoms with Crippen molar-refractivity contribution in [2.75, 3.05) is 18.0 Å². The van der Waals surface area contributed by atoms with Crippen molar-refractivity contribution in [1.29, 1.82) is 0 Å². The Morgan fingerprint density at radius 1 is 1.19 bits per heavy atom. The zero-order valence-electron chi connectivity index (χ0n) is 14.7. The normalized spacial score (nSPS) is 23.7. The standard InChI is InChI=1S/C19H20F3N3O/c1-11-8-17(15-9-13(19(20,21)22)5-6-16(15)23-11)25-10-14-4-3-7-24(14)18(26)12(25)2/h5-6,8-9,12,14H,3-4,7,10H2,1-2H3/t12-,14+/m0/s1. The lowest BCUT2D eigenvalue weighted by Gasteiger charge is -2.43. The molecule has 2 atom stereocenters. The maximum atomic E-state index is 13.2. The number of hydrogen-bond acceptors (Lipinski definition) is 3. The summed E-state index contributed by atoms with van der Waals surface area (Å²) >= 11 is 0. The number of hydrogen-bond donors (Lipinski definition) is 0. The minimum atomic E-state index is -4.41. The number of benzene rings is 1. The van der Waals surface area contributed by atoms with E-state index in [1.165, 1.54) is 6.07 Å². The van der Waals surface area contributed by atoms with Gasteiger partial charge < -0.3 is 9.80 Å². The van der Waals surface area contributed by atoms with Crippen LogP contribution in [0.3, 0.4) is 0 Å². The molecule has 0 spiro atoms. The fraction of sp³-hybridized carbons (Fsp3) is 0.474. The molecular formula is C19H20F3N3O. The van der Waals surface area contributed by atoms with Crippen LogP contribution in [0.15, 0.2) is 24.3 Å². The van der Waals surface area contributed by atoms with Gasteiger partial charge in [0.15, 0.2) is 0 Å². The fourth-order valence-electron chi connectivity index (χ4n) is 4.13. The van der Waals surface area contributed by atoms with Crippen LogP contribution in [0, 0.1) is 6.92 Å². The Morgan fingerprint density at radius 2 is 1.96 bits per heavy atom. The van der Waals surface area contributed by atoms with E-state index in [1.807, 2.05) is 23.6 Å². The molecule has 1 aromatic heterocycles. The highest BCUT2D eigenvalue weighted by Gasteiger charge is 2.41. The molecular weight excluding hydrogens is 343 g/mol. The summed E-state index contributed by atoms with van der Waals surface area (Å²) in [5, 5.41) is 0.441. The molecule has 1 amide bonds. The van der Waals surface area contributed by atoms with Crippen molar-refractivity contribution >= 4 is 22.5 Å². The van der Waals surface area contributed by atoms with Crippen LogP contribution in [-0.2, 0) is 11.0 Å². The maximum absolute atomic E-state index is 13.2. The second kappa shape index (κ2) is 5.86. The van der Waals surface area contributed by atoms with Gasteiger partial charge in [0.1, 0.15) is 6.04 Å². The monoisotopic (exact) mass is 363 g/mol. The lowest BCUT2D eigenvalue weighted by Crippen LogP contribution is -2.58. The smallest absolute Gasteiger partial charge is 0.357 e. The van der Waals surface area contributed by atoms with Crippen molar-refractivity contribution in [3.05, 3.63) is 35.5 Å². The average Bonchev–Trinajstić information content (AvgIpc) is 3.05. The van der Waals surface area contributed by atoms with Crippen LogP contribution in [0.2, 0.25) is 0 Å². The molecule has 0 radical (unpaired) electrons. The molecule has 1 aromatic carbocycles.